The monoisotopic (exact) mass is 346 g/mol. The second kappa shape index (κ2) is 5.33. The largest absolute Gasteiger partial charge is 0.394 e. The van der Waals surface area contributed by atoms with Crippen molar-refractivity contribution in [3.05, 3.63) is 33.7 Å². The molecule has 132 valence electrons. The number of aromatic nitrogens is 2. The van der Waals surface area contributed by atoms with Gasteiger partial charge in [0.25, 0.3) is 5.56 Å². The molecule has 0 aromatic carbocycles. The zero-order chi connectivity index (χ0) is 17.9. The van der Waals surface area contributed by atoms with E-state index in [1.807, 2.05) is 0 Å². The number of aliphatic imine (C=N–C) groups is 1. The number of hydrogen-bond donors (Lipinski definition) is 4. The lowest BCUT2D eigenvalue weighted by Gasteiger charge is -2.27. The molecule has 9 nitrogen and oxygen atoms in total. The molecule has 0 aliphatic carbocycles. The normalized spacial score (nSPS) is 30.7. The standard InChI is InChI=1S/C16H18N4O5/c1-7-3-11(22)19-15-12-8(7)4-9(20(12)18-6-17-15)14-16(2,24)13(23)10(5-21)25-14/h3-4,6,10,13-14,21,23-24H,5H2,1-2H3,(H,17,18,19,22)/t10-,13-,14+,16-/m1/s1. The molecule has 4 rings (SSSR count). The SMILES string of the molecule is Cc1cc(=O)nc2c3c1cc([C@@H]1O[C@H](CO)[C@@H](O)[C@@]1(C)O)n3NC=N2. The molecule has 0 unspecified atom stereocenters. The summed E-state index contributed by atoms with van der Waals surface area (Å²) in [4.78, 5) is 19.9. The van der Waals surface area contributed by atoms with E-state index in [1.165, 1.54) is 19.3 Å². The van der Waals surface area contributed by atoms with Crippen molar-refractivity contribution in [1.82, 2.24) is 9.66 Å². The molecule has 9 heteroatoms. The minimum atomic E-state index is -1.61. The lowest BCUT2D eigenvalue weighted by atomic mass is 9.91. The van der Waals surface area contributed by atoms with Gasteiger partial charge in [-0.2, -0.15) is 4.98 Å². The Balaban J connectivity index is 1.98. The van der Waals surface area contributed by atoms with E-state index in [9.17, 15) is 20.1 Å². The summed E-state index contributed by atoms with van der Waals surface area (Å²) in [5.41, 5.74) is 2.77. The molecule has 2 aromatic heterocycles. The van der Waals surface area contributed by atoms with Crippen LogP contribution in [0.3, 0.4) is 0 Å². The van der Waals surface area contributed by atoms with Crippen molar-refractivity contribution < 1.29 is 20.1 Å². The van der Waals surface area contributed by atoms with Crippen LogP contribution in [-0.2, 0) is 4.74 Å². The Kier molecular flexibility index (Phi) is 3.45. The van der Waals surface area contributed by atoms with Gasteiger partial charge >= 0.3 is 0 Å². The van der Waals surface area contributed by atoms with Crippen LogP contribution in [0.5, 0.6) is 0 Å². The van der Waals surface area contributed by atoms with E-state index < -0.39 is 36.1 Å². The summed E-state index contributed by atoms with van der Waals surface area (Å²) in [5, 5.41) is 31.1. The smallest absolute Gasteiger partial charge is 0.272 e. The van der Waals surface area contributed by atoms with Gasteiger partial charge in [-0.15, -0.1) is 0 Å². The van der Waals surface area contributed by atoms with Gasteiger partial charge in [-0.1, -0.05) is 0 Å². The van der Waals surface area contributed by atoms with Crippen LogP contribution in [0.15, 0.2) is 21.9 Å². The topological polar surface area (TPSA) is 129 Å². The summed E-state index contributed by atoms with van der Waals surface area (Å²) in [6, 6.07) is 3.18. The van der Waals surface area contributed by atoms with Crippen molar-refractivity contribution in [3.63, 3.8) is 0 Å². The van der Waals surface area contributed by atoms with Crippen LogP contribution >= 0.6 is 0 Å². The van der Waals surface area contributed by atoms with Gasteiger partial charge in [-0.05, 0) is 25.5 Å². The zero-order valence-electron chi connectivity index (χ0n) is 13.7. The third-order valence-electron chi connectivity index (χ3n) is 4.84. The number of ether oxygens (including phenoxy) is 1. The molecule has 0 spiro atoms. The first kappa shape index (κ1) is 16.2. The number of aryl methyl sites for hydroxylation is 1. The molecule has 4 atom stereocenters. The maximum Gasteiger partial charge on any atom is 0.272 e. The minimum absolute atomic E-state index is 0.259. The molecule has 1 saturated heterocycles. The van der Waals surface area contributed by atoms with E-state index in [4.69, 9.17) is 4.74 Å². The highest BCUT2D eigenvalue weighted by atomic mass is 16.6. The number of hydrogen-bond acceptors (Lipinski definition) is 8. The first-order chi connectivity index (χ1) is 11.8. The van der Waals surface area contributed by atoms with Crippen molar-refractivity contribution in [2.75, 3.05) is 12.0 Å². The highest BCUT2D eigenvalue weighted by Crippen LogP contribution is 2.43. The van der Waals surface area contributed by atoms with Gasteiger partial charge in [-0.3, -0.25) is 14.9 Å². The van der Waals surface area contributed by atoms with Crippen molar-refractivity contribution in [2.24, 2.45) is 4.99 Å². The summed E-state index contributed by atoms with van der Waals surface area (Å²) in [6.07, 6.45) is -1.65. The quantitative estimate of drug-likeness (QED) is 0.575. The van der Waals surface area contributed by atoms with Crippen LogP contribution in [0.1, 0.15) is 24.3 Å². The van der Waals surface area contributed by atoms with Crippen molar-refractivity contribution in [3.8, 4) is 0 Å². The summed E-state index contributed by atoms with van der Waals surface area (Å²) in [5.74, 6) is 0.259. The van der Waals surface area contributed by atoms with Gasteiger partial charge in [0.2, 0.25) is 0 Å². The molecule has 4 heterocycles. The highest BCUT2D eigenvalue weighted by molar-refractivity contribution is 5.95. The molecule has 25 heavy (non-hydrogen) atoms. The van der Waals surface area contributed by atoms with Gasteiger partial charge in [0, 0.05) is 11.5 Å². The summed E-state index contributed by atoms with van der Waals surface area (Å²) < 4.78 is 7.34. The Morgan fingerprint density at radius 2 is 2.20 bits per heavy atom. The Bertz CT molecular complexity index is 952. The summed E-state index contributed by atoms with van der Waals surface area (Å²) in [7, 11) is 0. The third-order valence-corrected chi connectivity index (χ3v) is 4.84. The Morgan fingerprint density at radius 1 is 1.44 bits per heavy atom. The fourth-order valence-corrected chi connectivity index (χ4v) is 3.50. The molecule has 0 saturated carbocycles. The van der Waals surface area contributed by atoms with E-state index in [-0.39, 0.29) is 5.82 Å². The van der Waals surface area contributed by atoms with Crippen molar-refractivity contribution in [1.29, 1.82) is 0 Å². The van der Waals surface area contributed by atoms with Gasteiger partial charge in [0.15, 0.2) is 5.82 Å². The van der Waals surface area contributed by atoms with Crippen LogP contribution in [0.4, 0.5) is 5.82 Å². The average molecular weight is 346 g/mol. The molecular weight excluding hydrogens is 328 g/mol. The molecule has 4 N–H and O–H groups in total. The average Bonchev–Trinajstić information content (AvgIpc) is 3.00. The number of nitrogens with zero attached hydrogens (tertiary/aromatic N) is 3. The van der Waals surface area contributed by atoms with E-state index in [0.717, 1.165) is 5.39 Å². The molecule has 0 radical (unpaired) electrons. The van der Waals surface area contributed by atoms with E-state index in [2.05, 4.69) is 15.4 Å². The van der Waals surface area contributed by atoms with Crippen LogP contribution in [-0.4, -0.2) is 55.7 Å². The van der Waals surface area contributed by atoms with Crippen molar-refractivity contribution >= 4 is 23.1 Å². The lowest BCUT2D eigenvalue weighted by molar-refractivity contribution is -0.0665. The summed E-state index contributed by atoms with van der Waals surface area (Å²) >= 11 is 0. The second-order valence-electron chi connectivity index (χ2n) is 6.56. The lowest BCUT2D eigenvalue weighted by Crippen LogP contribution is -2.43. The first-order valence-electron chi connectivity index (χ1n) is 7.87. The molecule has 0 amide bonds. The Labute approximate surface area is 142 Å². The van der Waals surface area contributed by atoms with Crippen LogP contribution in [0, 0.1) is 6.92 Å². The van der Waals surface area contributed by atoms with Gasteiger partial charge in [0.05, 0.1) is 12.3 Å². The number of aliphatic hydroxyl groups is 3. The third kappa shape index (κ3) is 2.20. The molecule has 2 aromatic rings. The van der Waals surface area contributed by atoms with Gasteiger partial charge < -0.3 is 20.1 Å². The highest BCUT2D eigenvalue weighted by Gasteiger charge is 2.53. The maximum atomic E-state index is 11.8. The van der Waals surface area contributed by atoms with E-state index in [1.54, 1.807) is 17.7 Å². The van der Waals surface area contributed by atoms with E-state index in [0.29, 0.717) is 16.8 Å². The zero-order valence-corrected chi connectivity index (χ0v) is 13.7. The summed E-state index contributed by atoms with van der Waals surface area (Å²) in [6.45, 7) is 2.83. The predicted molar refractivity (Wildman–Crippen MR) is 89.6 cm³/mol. The molecule has 2 aliphatic heterocycles. The molecular formula is C16H18N4O5. The molecule has 2 aliphatic rings. The second-order valence-corrected chi connectivity index (χ2v) is 6.56. The Hall–Kier alpha value is -2.33. The molecule has 0 bridgehead atoms. The van der Waals surface area contributed by atoms with Crippen LogP contribution in [0.25, 0.3) is 10.9 Å². The fourth-order valence-electron chi connectivity index (χ4n) is 3.50. The number of nitrogens with one attached hydrogen (secondary N) is 1. The van der Waals surface area contributed by atoms with Crippen LogP contribution < -0.4 is 11.0 Å². The number of aliphatic hydroxyl groups excluding tert-OH is 2. The first-order valence-corrected chi connectivity index (χ1v) is 7.87. The van der Waals surface area contributed by atoms with Crippen molar-refractivity contribution in [2.45, 2.75) is 37.8 Å². The Morgan fingerprint density at radius 3 is 2.88 bits per heavy atom. The van der Waals surface area contributed by atoms with E-state index >= 15 is 0 Å². The number of rotatable bonds is 2. The van der Waals surface area contributed by atoms with Crippen LogP contribution in [0.2, 0.25) is 0 Å². The maximum absolute atomic E-state index is 11.8. The van der Waals surface area contributed by atoms with Gasteiger partial charge in [0.1, 0.15) is 35.8 Å². The molecule has 1 fully saturated rings. The minimum Gasteiger partial charge on any atom is -0.394 e. The fraction of sp³-hybridized carbons (Fsp3) is 0.438. The predicted octanol–water partition coefficient (Wildman–Crippen LogP) is -0.534. The van der Waals surface area contributed by atoms with Gasteiger partial charge in [-0.25, -0.2) is 4.99 Å².